The Balaban J connectivity index is 1.44. The average molecular weight is 483 g/mol. The second kappa shape index (κ2) is 11.2. The van der Waals surface area contributed by atoms with E-state index in [2.05, 4.69) is 5.32 Å². The SMILES string of the molecule is CCC(Sc1ccc(Cl)cc1)C(=O)NCCOc1ccc(S(=O)(=O)N2CCCC2)cc1. The van der Waals surface area contributed by atoms with Crippen LogP contribution >= 0.6 is 23.4 Å². The second-order valence-corrected chi connectivity index (χ2v) is 10.8. The molecule has 0 bridgehead atoms. The fraction of sp³-hybridized carbons (Fsp3) is 0.409. The molecule has 1 amide bonds. The third-order valence-electron chi connectivity index (χ3n) is 4.95. The summed E-state index contributed by atoms with van der Waals surface area (Å²) < 4.78 is 32.3. The Hall–Kier alpha value is -1.74. The number of rotatable bonds is 10. The molecule has 1 fully saturated rings. The fourth-order valence-electron chi connectivity index (χ4n) is 3.24. The summed E-state index contributed by atoms with van der Waals surface area (Å²) in [6.45, 7) is 3.79. The van der Waals surface area contributed by atoms with Crippen LogP contribution in [0.25, 0.3) is 0 Å². The van der Waals surface area contributed by atoms with Crippen molar-refractivity contribution >= 4 is 39.3 Å². The van der Waals surface area contributed by atoms with E-state index in [9.17, 15) is 13.2 Å². The topological polar surface area (TPSA) is 75.7 Å². The molecule has 0 spiro atoms. The molecule has 31 heavy (non-hydrogen) atoms. The van der Waals surface area contributed by atoms with Gasteiger partial charge in [0.2, 0.25) is 15.9 Å². The average Bonchev–Trinajstić information content (AvgIpc) is 3.32. The highest BCUT2D eigenvalue weighted by Crippen LogP contribution is 2.27. The Bertz CT molecular complexity index is 960. The number of hydrogen-bond donors (Lipinski definition) is 1. The van der Waals surface area contributed by atoms with Gasteiger partial charge < -0.3 is 10.1 Å². The van der Waals surface area contributed by atoms with Gasteiger partial charge in [-0.25, -0.2) is 8.42 Å². The Labute approximate surface area is 193 Å². The van der Waals surface area contributed by atoms with Crippen LogP contribution in [0.2, 0.25) is 5.02 Å². The van der Waals surface area contributed by atoms with Gasteiger partial charge in [0.25, 0.3) is 0 Å². The van der Waals surface area contributed by atoms with Gasteiger partial charge in [-0.05, 0) is 67.8 Å². The maximum absolute atomic E-state index is 12.6. The monoisotopic (exact) mass is 482 g/mol. The summed E-state index contributed by atoms with van der Waals surface area (Å²) in [7, 11) is -3.42. The summed E-state index contributed by atoms with van der Waals surface area (Å²) >= 11 is 7.41. The zero-order valence-corrected chi connectivity index (χ0v) is 19.8. The van der Waals surface area contributed by atoms with Crippen LogP contribution in [0, 0.1) is 0 Å². The molecule has 3 rings (SSSR count). The number of amides is 1. The summed E-state index contributed by atoms with van der Waals surface area (Å²) in [5.41, 5.74) is 0. The Kier molecular flexibility index (Phi) is 8.66. The van der Waals surface area contributed by atoms with Crippen molar-refractivity contribution < 1.29 is 17.9 Å². The Morgan fingerprint density at radius 3 is 2.39 bits per heavy atom. The van der Waals surface area contributed by atoms with Crippen molar-refractivity contribution in [2.45, 2.75) is 41.2 Å². The van der Waals surface area contributed by atoms with E-state index in [-0.39, 0.29) is 16.1 Å². The van der Waals surface area contributed by atoms with Gasteiger partial charge in [0.1, 0.15) is 12.4 Å². The predicted molar refractivity (Wildman–Crippen MR) is 124 cm³/mol. The van der Waals surface area contributed by atoms with Gasteiger partial charge in [-0.3, -0.25) is 4.79 Å². The molecule has 168 valence electrons. The maximum Gasteiger partial charge on any atom is 0.243 e. The van der Waals surface area contributed by atoms with E-state index < -0.39 is 10.0 Å². The molecule has 1 aliphatic heterocycles. The summed E-state index contributed by atoms with van der Waals surface area (Å²) in [4.78, 5) is 13.7. The zero-order valence-electron chi connectivity index (χ0n) is 17.4. The summed E-state index contributed by atoms with van der Waals surface area (Å²) in [5, 5.41) is 3.36. The first kappa shape index (κ1) is 23.9. The van der Waals surface area contributed by atoms with E-state index in [0.717, 1.165) is 17.7 Å². The number of nitrogens with zero attached hydrogens (tertiary/aromatic N) is 1. The lowest BCUT2D eigenvalue weighted by atomic mass is 10.3. The minimum Gasteiger partial charge on any atom is -0.492 e. The summed E-state index contributed by atoms with van der Waals surface area (Å²) in [6, 6.07) is 13.9. The third-order valence-corrected chi connectivity index (χ3v) is 8.49. The molecular weight excluding hydrogens is 456 g/mol. The maximum atomic E-state index is 12.6. The van der Waals surface area contributed by atoms with Gasteiger partial charge in [-0.15, -0.1) is 11.8 Å². The van der Waals surface area contributed by atoms with Crippen LogP contribution in [0.15, 0.2) is 58.3 Å². The van der Waals surface area contributed by atoms with Crippen molar-refractivity contribution in [1.29, 1.82) is 0 Å². The summed E-state index contributed by atoms with van der Waals surface area (Å²) in [5.74, 6) is 0.523. The highest BCUT2D eigenvalue weighted by atomic mass is 35.5. The van der Waals surface area contributed by atoms with Crippen LogP contribution in [0.3, 0.4) is 0 Å². The second-order valence-electron chi connectivity index (χ2n) is 7.19. The van der Waals surface area contributed by atoms with Crippen LogP contribution in [-0.4, -0.2) is 50.1 Å². The number of benzene rings is 2. The van der Waals surface area contributed by atoms with E-state index in [1.54, 1.807) is 24.3 Å². The predicted octanol–water partition coefficient (Wildman–Crippen LogP) is 4.19. The van der Waals surface area contributed by atoms with Crippen LogP contribution in [-0.2, 0) is 14.8 Å². The number of nitrogens with one attached hydrogen (secondary N) is 1. The molecule has 1 N–H and O–H groups in total. The normalized spacial score (nSPS) is 15.5. The molecule has 0 aromatic heterocycles. The van der Waals surface area contributed by atoms with Crippen molar-refractivity contribution in [2.75, 3.05) is 26.2 Å². The van der Waals surface area contributed by atoms with E-state index in [1.807, 2.05) is 31.2 Å². The highest BCUT2D eigenvalue weighted by Gasteiger charge is 2.27. The van der Waals surface area contributed by atoms with Gasteiger partial charge in [0, 0.05) is 23.0 Å². The van der Waals surface area contributed by atoms with Crippen molar-refractivity contribution in [2.24, 2.45) is 0 Å². The quantitative estimate of drug-likeness (QED) is 0.406. The lowest BCUT2D eigenvalue weighted by Gasteiger charge is -2.16. The van der Waals surface area contributed by atoms with Gasteiger partial charge in [-0.2, -0.15) is 4.31 Å². The van der Waals surface area contributed by atoms with E-state index >= 15 is 0 Å². The molecule has 2 aromatic rings. The van der Waals surface area contributed by atoms with Crippen LogP contribution in [0.5, 0.6) is 5.75 Å². The van der Waals surface area contributed by atoms with Crippen LogP contribution in [0.4, 0.5) is 0 Å². The number of sulfonamides is 1. The minimum absolute atomic E-state index is 0.0434. The van der Waals surface area contributed by atoms with Gasteiger partial charge >= 0.3 is 0 Å². The van der Waals surface area contributed by atoms with Gasteiger partial charge in [-0.1, -0.05) is 18.5 Å². The van der Waals surface area contributed by atoms with Crippen molar-refractivity contribution in [3.63, 3.8) is 0 Å². The lowest BCUT2D eigenvalue weighted by Crippen LogP contribution is -2.35. The van der Waals surface area contributed by atoms with Crippen molar-refractivity contribution in [3.8, 4) is 5.75 Å². The standard InChI is InChI=1S/C22H27ClN2O4S2/c1-2-21(30-19-9-5-17(23)6-10-19)22(26)24-13-16-29-18-7-11-20(12-8-18)31(27,28)25-14-3-4-15-25/h5-12,21H,2-4,13-16H2,1H3,(H,24,26). The van der Waals surface area contributed by atoms with E-state index in [4.69, 9.17) is 16.3 Å². The minimum atomic E-state index is -3.42. The molecule has 1 saturated heterocycles. The first-order valence-electron chi connectivity index (χ1n) is 10.3. The van der Waals surface area contributed by atoms with Gasteiger partial charge in [0.15, 0.2) is 0 Å². The molecule has 9 heteroatoms. The number of ether oxygens (including phenoxy) is 1. The van der Waals surface area contributed by atoms with E-state index in [0.29, 0.717) is 43.4 Å². The Morgan fingerprint density at radius 2 is 1.77 bits per heavy atom. The highest BCUT2D eigenvalue weighted by molar-refractivity contribution is 8.00. The molecule has 1 unspecified atom stereocenters. The molecular formula is C22H27ClN2O4S2. The summed E-state index contributed by atoms with van der Waals surface area (Å²) in [6.07, 6.45) is 2.51. The lowest BCUT2D eigenvalue weighted by molar-refractivity contribution is -0.120. The largest absolute Gasteiger partial charge is 0.492 e. The van der Waals surface area contributed by atoms with Gasteiger partial charge in [0.05, 0.1) is 16.7 Å². The van der Waals surface area contributed by atoms with Crippen molar-refractivity contribution in [1.82, 2.24) is 9.62 Å². The first-order valence-corrected chi connectivity index (χ1v) is 13.0. The molecule has 2 aromatic carbocycles. The fourth-order valence-corrected chi connectivity index (χ4v) is 5.86. The van der Waals surface area contributed by atoms with Crippen LogP contribution in [0.1, 0.15) is 26.2 Å². The number of carbonyl (C=O) groups excluding carboxylic acids is 1. The molecule has 0 radical (unpaired) electrons. The van der Waals surface area contributed by atoms with Crippen LogP contribution < -0.4 is 10.1 Å². The molecule has 6 nitrogen and oxygen atoms in total. The smallest absolute Gasteiger partial charge is 0.243 e. The molecule has 0 saturated carbocycles. The molecule has 1 atom stereocenters. The molecule has 0 aliphatic carbocycles. The number of halogens is 1. The number of thioether (sulfide) groups is 1. The first-order chi connectivity index (χ1) is 14.9. The Morgan fingerprint density at radius 1 is 1.13 bits per heavy atom. The molecule has 1 aliphatic rings. The number of hydrogen-bond acceptors (Lipinski definition) is 5. The number of carbonyl (C=O) groups is 1. The zero-order chi connectivity index (χ0) is 22.3. The third kappa shape index (κ3) is 6.62. The van der Waals surface area contributed by atoms with E-state index in [1.165, 1.54) is 16.1 Å². The van der Waals surface area contributed by atoms with Crippen molar-refractivity contribution in [3.05, 3.63) is 53.6 Å². The molecule has 1 heterocycles.